The van der Waals surface area contributed by atoms with Crippen LogP contribution < -0.4 is 10.1 Å². The number of nitrogens with one attached hydrogen (secondary N) is 2. The molecule has 20 heavy (non-hydrogen) atoms. The second-order valence-corrected chi connectivity index (χ2v) is 3.83. The van der Waals surface area contributed by atoms with Crippen LogP contribution >= 0.6 is 0 Å². The zero-order valence-corrected chi connectivity index (χ0v) is 10.6. The summed E-state index contributed by atoms with van der Waals surface area (Å²) in [5, 5.41) is 13.5. The summed E-state index contributed by atoms with van der Waals surface area (Å²) >= 11 is 0. The number of nitro groups is 1. The topological polar surface area (TPSA) is 110 Å². The van der Waals surface area contributed by atoms with E-state index in [0.717, 1.165) is 0 Å². The first-order valence-corrected chi connectivity index (χ1v) is 5.71. The Hall–Kier alpha value is -2.90. The summed E-state index contributed by atoms with van der Waals surface area (Å²) in [6, 6.07) is 4.17. The van der Waals surface area contributed by atoms with Crippen molar-refractivity contribution in [2.24, 2.45) is 0 Å². The van der Waals surface area contributed by atoms with E-state index in [2.05, 4.69) is 15.3 Å². The van der Waals surface area contributed by atoms with E-state index in [1.165, 1.54) is 25.3 Å². The van der Waals surface area contributed by atoms with Crippen molar-refractivity contribution >= 4 is 11.6 Å². The smallest absolute Gasteiger partial charge is 0.311 e. The standard InChI is InChI=1S/C12H12N4O4/c1-20-11-8(3-2-4-9(11)16(18)19)12(17)15-7-10-13-5-6-14-10/h2-6H,7H2,1H3,(H,13,14)(H,15,17). The van der Waals surface area contributed by atoms with E-state index in [9.17, 15) is 14.9 Å². The van der Waals surface area contributed by atoms with Crippen LogP contribution in [0.4, 0.5) is 5.69 Å². The molecule has 0 aliphatic carbocycles. The van der Waals surface area contributed by atoms with Gasteiger partial charge in [0.2, 0.25) is 5.75 Å². The van der Waals surface area contributed by atoms with E-state index in [1.54, 1.807) is 12.4 Å². The quantitative estimate of drug-likeness (QED) is 0.631. The van der Waals surface area contributed by atoms with Crippen molar-refractivity contribution in [1.29, 1.82) is 0 Å². The summed E-state index contributed by atoms with van der Waals surface area (Å²) in [6.45, 7) is 0.192. The van der Waals surface area contributed by atoms with Crippen LogP contribution in [0.1, 0.15) is 16.2 Å². The largest absolute Gasteiger partial charge is 0.490 e. The lowest BCUT2D eigenvalue weighted by molar-refractivity contribution is -0.385. The number of hydrogen-bond acceptors (Lipinski definition) is 5. The van der Waals surface area contributed by atoms with E-state index in [4.69, 9.17) is 4.74 Å². The van der Waals surface area contributed by atoms with Gasteiger partial charge < -0.3 is 15.0 Å². The SMILES string of the molecule is COc1c(C(=O)NCc2ncc[nH]2)cccc1[N+](=O)[O-]. The second-order valence-electron chi connectivity index (χ2n) is 3.83. The van der Waals surface area contributed by atoms with Gasteiger partial charge in [-0.05, 0) is 6.07 Å². The Labute approximate surface area is 113 Å². The third-order valence-electron chi connectivity index (χ3n) is 2.61. The Kier molecular flexibility index (Phi) is 3.94. The summed E-state index contributed by atoms with van der Waals surface area (Å²) in [4.78, 5) is 29.1. The van der Waals surface area contributed by atoms with Crippen molar-refractivity contribution in [2.45, 2.75) is 6.54 Å². The number of para-hydroxylation sites is 1. The number of H-pyrrole nitrogens is 1. The molecule has 8 heteroatoms. The lowest BCUT2D eigenvalue weighted by Gasteiger charge is -2.08. The molecule has 0 saturated heterocycles. The van der Waals surface area contributed by atoms with Gasteiger partial charge in [-0.2, -0.15) is 0 Å². The molecule has 1 amide bonds. The number of methoxy groups -OCH3 is 1. The van der Waals surface area contributed by atoms with Gasteiger partial charge in [-0.1, -0.05) is 6.07 Å². The molecule has 1 heterocycles. The van der Waals surface area contributed by atoms with Gasteiger partial charge in [0.05, 0.1) is 24.1 Å². The van der Waals surface area contributed by atoms with Crippen molar-refractivity contribution < 1.29 is 14.5 Å². The molecule has 2 aromatic rings. The van der Waals surface area contributed by atoms with Gasteiger partial charge in [0, 0.05) is 18.5 Å². The Morgan fingerprint density at radius 3 is 2.95 bits per heavy atom. The van der Waals surface area contributed by atoms with Gasteiger partial charge in [0.1, 0.15) is 5.82 Å². The number of aromatic amines is 1. The minimum atomic E-state index is -0.595. The van der Waals surface area contributed by atoms with E-state index >= 15 is 0 Å². The zero-order valence-electron chi connectivity index (χ0n) is 10.6. The maximum atomic E-state index is 12.0. The summed E-state index contributed by atoms with van der Waals surface area (Å²) in [6.07, 6.45) is 3.20. The molecule has 2 N–H and O–H groups in total. The fourth-order valence-electron chi connectivity index (χ4n) is 1.72. The summed E-state index contributed by atoms with van der Waals surface area (Å²) in [5.41, 5.74) is -0.147. The third-order valence-corrected chi connectivity index (χ3v) is 2.61. The number of rotatable bonds is 5. The molecule has 0 unspecified atom stereocenters. The number of imidazole rings is 1. The first kappa shape index (κ1) is 13.5. The number of hydrogen-bond donors (Lipinski definition) is 2. The number of carbonyl (C=O) groups excluding carboxylic acids is 1. The number of ether oxygens (including phenoxy) is 1. The lowest BCUT2D eigenvalue weighted by atomic mass is 10.1. The normalized spacial score (nSPS) is 10.1. The van der Waals surface area contributed by atoms with Crippen LogP contribution in [0.3, 0.4) is 0 Å². The number of benzene rings is 1. The number of nitro benzene ring substituents is 1. The molecule has 8 nitrogen and oxygen atoms in total. The van der Waals surface area contributed by atoms with Gasteiger partial charge in [-0.25, -0.2) is 4.98 Å². The summed E-state index contributed by atoms with van der Waals surface area (Å²) in [7, 11) is 1.28. The maximum absolute atomic E-state index is 12.0. The average Bonchev–Trinajstić information content (AvgIpc) is 2.97. The Bertz CT molecular complexity index is 624. The molecule has 0 aliphatic rings. The van der Waals surface area contributed by atoms with Crippen LogP contribution in [-0.2, 0) is 6.54 Å². The Morgan fingerprint density at radius 2 is 2.35 bits per heavy atom. The minimum Gasteiger partial charge on any atom is -0.490 e. The highest BCUT2D eigenvalue weighted by atomic mass is 16.6. The van der Waals surface area contributed by atoms with Crippen molar-refractivity contribution in [1.82, 2.24) is 15.3 Å². The molecule has 0 fully saturated rings. The molecule has 0 saturated carbocycles. The highest BCUT2D eigenvalue weighted by Gasteiger charge is 2.22. The van der Waals surface area contributed by atoms with E-state index in [1.807, 2.05) is 0 Å². The first-order valence-electron chi connectivity index (χ1n) is 5.71. The van der Waals surface area contributed by atoms with Crippen LogP contribution in [0.2, 0.25) is 0 Å². The number of nitrogens with zero attached hydrogens (tertiary/aromatic N) is 2. The van der Waals surface area contributed by atoms with Gasteiger partial charge in [-0.15, -0.1) is 0 Å². The van der Waals surface area contributed by atoms with Crippen molar-refractivity contribution in [3.63, 3.8) is 0 Å². The minimum absolute atomic E-state index is 0.0607. The Balaban J connectivity index is 2.21. The molecule has 0 atom stereocenters. The van der Waals surface area contributed by atoms with Crippen LogP contribution in [0.5, 0.6) is 5.75 Å². The number of carbonyl (C=O) groups is 1. The molecule has 0 radical (unpaired) electrons. The molecule has 1 aromatic carbocycles. The monoisotopic (exact) mass is 276 g/mol. The van der Waals surface area contributed by atoms with Crippen LogP contribution in [0, 0.1) is 10.1 Å². The van der Waals surface area contributed by atoms with E-state index in [0.29, 0.717) is 5.82 Å². The number of amides is 1. The predicted molar refractivity (Wildman–Crippen MR) is 69.4 cm³/mol. The van der Waals surface area contributed by atoms with Gasteiger partial charge in [0.15, 0.2) is 0 Å². The molecule has 0 bridgehead atoms. The van der Waals surface area contributed by atoms with Crippen molar-refractivity contribution in [3.05, 3.63) is 52.1 Å². The fraction of sp³-hybridized carbons (Fsp3) is 0.167. The molecule has 0 aliphatic heterocycles. The third kappa shape index (κ3) is 2.74. The highest BCUT2D eigenvalue weighted by Crippen LogP contribution is 2.30. The highest BCUT2D eigenvalue weighted by molar-refractivity contribution is 5.98. The van der Waals surface area contributed by atoms with Crippen LogP contribution in [0.25, 0.3) is 0 Å². The fourth-order valence-corrected chi connectivity index (χ4v) is 1.72. The van der Waals surface area contributed by atoms with E-state index < -0.39 is 10.8 Å². The van der Waals surface area contributed by atoms with Crippen molar-refractivity contribution in [3.8, 4) is 5.75 Å². The average molecular weight is 276 g/mol. The van der Waals surface area contributed by atoms with Crippen LogP contribution in [-0.4, -0.2) is 27.9 Å². The maximum Gasteiger partial charge on any atom is 0.311 e. The predicted octanol–water partition coefficient (Wildman–Crippen LogP) is 1.26. The lowest BCUT2D eigenvalue weighted by Crippen LogP contribution is -2.24. The molecule has 104 valence electrons. The zero-order chi connectivity index (χ0) is 14.5. The first-order chi connectivity index (χ1) is 9.63. The summed E-state index contributed by atoms with van der Waals surface area (Å²) < 4.78 is 4.97. The molecule has 0 spiro atoms. The molecule has 1 aromatic heterocycles. The molecular weight excluding hydrogens is 264 g/mol. The second kappa shape index (κ2) is 5.83. The van der Waals surface area contributed by atoms with Gasteiger partial charge >= 0.3 is 5.69 Å². The molecule has 2 rings (SSSR count). The van der Waals surface area contributed by atoms with E-state index in [-0.39, 0.29) is 23.5 Å². The van der Waals surface area contributed by atoms with Gasteiger partial charge in [0.25, 0.3) is 5.91 Å². The molecular formula is C12H12N4O4. The Morgan fingerprint density at radius 1 is 1.55 bits per heavy atom. The number of aromatic nitrogens is 2. The van der Waals surface area contributed by atoms with Crippen molar-refractivity contribution in [2.75, 3.05) is 7.11 Å². The van der Waals surface area contributed by atoms with Crippen LogP contribution in [0.15, 0.2) is 30.6 Å². The summed E-state index contributed by atoms with van der Waals surface area (Å²) in [5.74, 6) is 0.0548. The van der Waals surface area contributed by atoms with Gasteiger partial charge in [-0.3, -0.25) is 14.9 Å².